The zero-order valence-corrected chi connectivity index (χ0v) is 84.5. The van der Waals surface area contributed by atoms with Gasteiger partial charge in [0.2, 0.25) is 82.7 Å². The van der Waals surface area contributed by atoms with Crippen LogP contribution >= 0.6 is 23.2 Å². The Balaban J connectivity index is 1.52. The van der Waals surface area contributed by atoms with Crippen molar-refractivity contribution in [1.82, 2.24) is 84.2 Å². The third kappa shape index (κ3) is 41.8. The summed E-state index contributed by atoms with van der Waals surface area (Å²) in [6.07, 6.45) is -3.51. The van der Waals surface area contributed by atoms with Gasteiger partial charge in [-0.3, -0.25) is 76.7 Å². The second-order valence-electron chi connectivity index (χ2n) is 35.2. The van der Waals surface area contributed by atoms with E-state index < -0.39 is 316 Å². The van der Waals surface area contributed by atoms with Crippen molar-refractivity contribution in [1.29, 1.82) is 0 Å². The zero-order chi connectivity index (χ0) is 105. The maximum atomic E-state index is 14.7. The number of nitrogens with zero attached hydrogens (tertiary/aromatic N) is 2. The summed E-state index contributed by atoms with van der Waals surface area (Å²) in [5.74, 6) is -23.2. The van der Waals surface area contributed by atoms with Crippen LogP contribution in [0.1, 0.15) is 169 Å². The van der Waals surface area contributed by atoms with Gasteiger partial charge in [-0.15, -0.1) is 23.2 Å². The van der Waals surface area contributed by atoms with Crippen molar-refractivity contribution in [3.8, 4) is 11.5 Å². The quantitative estimate of drug-likeness (QED) is 0.0166. The minimum Gasteiger partial charge on any atom is -0.370 e. The predicted molar refractivity (Wildman–Crippen MR) is 511 cm³/mol. The van der Waals surface area contributed by atoms with Crippen LogP contribution in [-0.2, 0) is 118 Å². The number of benzene rings is 2. The Morgan fingerprint density at radius 1 is 0.364 bits per heavy atom. The summed E-state index contributed by atoms with van der Waals surface area (Å²) in [4.78, 5) is 302. The average Bonchev–Trinajstić information content (AvgIpc) is 1.69. The molecule has 18 atom stereocenters. The van der Waals surface area contributed by atoms with Gasteiger partial charge in [0.05, 0.1) is 25.9 Å². The Kier molecular flexibility index (Phi) is 52.2. The number of likely N-dealkylation sites (tertiary alicyclic amines) is 2. The Morgan fingerprint density at radius 2 is 0.664 bits per heavy atom. The number of phenolic OH excluding ortho intramolecular Hbond substituents is 2. The number of amides is 22. The van der Waals surface area contributed by atoms with Gasteiger partial charge >= 0.3 is 364 Å². The third-order valence-corrected chi connectivity index (χ3v) is 30.5. The molecule has 0 aliphatic carbocycles. The van der Waals surface area contributed by atoms with Gasteiger partial charge in [-0.25, -0.2) is 0 Å². The van der Waals surface area contributed by atoms with Crippen LogP contribution in [-0.4, -0.2) is 311 Å². The summed E-state index contributed by atoms with van der Waals surface area (Å²) < 4.78 is 0. The number of phenols is 2. The average molecular weight is 2140 g/mol. The first-order valence-electron chi connectivity index (χ1n) is 45.9. The molecule has 2 aromatic rings. The molecule has 2 heterocycles. The Hall–Kier alpha value is -12.1. The molecule has 2 saturated heterocycles. The van der Waals surface area contributed by atoms with Gasteiger partial charge in [-0.05, 0) is 63.2 Å². The molecule has 4 rings (SSSR count). The van der Waals surface area contributed by atoms with E-state index in [1.54, 1.807) is 55.4 Å². The first-order chi connectivity index (χ1) is 65.9. The van der Waals surface area contributed by atoms with Gasteiger partial charge in [0.25, 0.3) is 0 Å². The van der Waals surface area contributed by atoms with Crippen molar-refractivity contribution in [2.75, 3.05) is 37.9 Å². The molecular weight excluding hydrogens is 2010 g/mol. The van der Waals surface area contributed by atoms with Crippen molar-refractivity contribution < 1.29 is 116 Å². The molecule has 2 aliphatic heterocycles. The third-order valence-electron chi connectivity index (χ3n) is 22.8. The van der Waals surface area contributed by atoms with E-state index in [2.05, 4.69) is 74.4 Å². The van der Waals surface area contributed by atoms with Crippen LogP contribution in [0.4, 0.5) is 0 Å². The topological polar surface area (TPSA) is 799 Å². The molecule has 0 aromatic heterocycles. The first-order valence-corrected chi connectivity index (χ1v) is 53.7. The monoisotopic (exact) mass is 2140 g/mol. The van der Waals surface area contributed by atoms with Gasteiger partial charge in [-0.2, -0.15) is 0 Å². The number of hydrogen-bond donors (Lipinski definition) is 24. The van der Waals surface area contributed by atoms with Gasteiger partial charge in [-0.1, -0.05) is 27.7 Å². The second-order valence-corrected chi connectivity index (χ2v) is 43.5. The number of primary amides is 6. The second kappa shape index (κ2) is 60.8. The molecule has 0 spiro atoms. The van der Waals surface area contributed by atoms with E-state index >= 15 is 0 Å². The van der Waals surface area contributed by atoms with Crippen molar-refractivity contribution in [3.05, 3.63) is 59.7 Å². The molecule has 0 bridgehead atoms. The molecule has 52 heteroatoms. The van der Waals surface area contributed by atoms with Crippen molar-refractivity contribution >= 4 is 179 Å². The summed E-state index contributed by atoms with van der Waals surface area (Å²) >= 11 is 11.2. The molecule has 0 saturated carbocycles. The normalized spacial score (nSPS) is 16.8. The van der Waals surface area contributed by atoms with Crippen molar-refractivity contribution in [2.24, 2.45) is 69.5 Å². The zero-order valence-electron chi connectivity index (χ0n) is 79.5. The van der Waals surface area contributed by atoms with Gasteiger partial charge in [0.15, 0.2) is 0 Å². The molecule has 2 aromatic carbocycles. The van der Waals surface area contributed by atoms with E-state index in [0.29, 0.717) is 24.0 Å². The van der Waals surface area contributed by atoms with E-state index in [1.165, 1.54) is 58.3 Å². The van der Waals surface area contributed by atoms with Crippen LogP contribution in [0.15, 0.2) is 48.5 Å². The number of halogens is 2. The molecule has 0 radical (unpaired) electrons. The summed E-state index contributed by atoms with van der Waals surface area (Å²) in [5.41, 5.74) is 46.4. The van der Waals surface area contributed by atoms with E-state index in [0.717, 1.165) is 0 Å². The number of rotatable bonds is 63. The molecule has 48 nitrogen and oxygen atoms in total. The fourth-order valence-corrected chi connectivity index (χ4v) is 22.2. The van der Waals surface area contributed by atoms with Gasteiger partial charge < -0.3 is 86.7 Å². The fourth-order valence-electron chi connectivity index (χ4n) is 14.8. The smallest absolute Gasteiger partial charge is 0.370 e. The van der Waals surface area contributed by atoms with Crippen LogP contribution < -0.4 is 120 Å². The van der Waals surface area contributed by atoms with E-state index in [9.17, 15) is 116 Å². The Bertz CT molecular complexity index is 4380. The van der Waals surface area contributed by atoms with Crippen LogP contribution in [0.3, 0.4) is 0 Å². The summed E-state index contributed by atoms with van der Waals surface area (Å²) in [7, 11) is 0. The van der Waals surface area contributed by atoms with Crippen LogP contribution in [0.2, 0.25) is 10.6 Å². The molecule has 778 valence electrons. The van der Waals surface area contributed by atoms with Crippen LogP contribution in [0.5, 0.6) is 11.5 Å². The number of aromatic hydroxyl groups is 2. The van der Waals surface area contributed by atoms with Crippen LogP contribution in [0, 0.1) is 23.7 Å². The number of carbonyl (C=O) groups excluding carboxylic acids is 22. The number of alkyl halides is 2. The summed E-state index contributed by atoms with van der Waals surface area (Å²) in [6.45, 7) is 12.6. The molecule has 0 unspecified atom stereocenters. The predicted octanol–water partition coefficient (Wildman–Crippen LogP) is -7.58. The molecule has 140 heavy (non-hydrogen) atoms. The standard InChI is InChI=1S/C88H136Cl2N24O24Se2/c1-9-45(7)71(85(135)101-53(23-25-65(93)117)77(127)107-61(37-67(95)119)79(129)103-55(27-29-89)87(137)113-31-11-13-63(113)83(133)109-57(33-43(3)4)75(125)99-39-69(97)121)111-81(131)59(35-47-15-19-49(115)20-16-47)105-73(123)51(91)41-139-140-42-52(92)74(124)106-60(36-48-17-21-50(116)22-18-48)82(132)112-72(46(8)10-2)86(136)102-54(24-26-66(94)118)78(128)108-62(38-68(96)120)80(130)104-56(28-30-90)88(138)114-32-12-14-64(114)84(134)110-58(34-44(5)6)76(126)100-40-70(98)122/h15-22,43-46,51-64,71-72,115-116H,9-14,23-42,91-92H2,1-8H3,(H2,93,117)(H2,94,118)(H2,95,119)(H2,96,120)(H2,97,121)(H2,98,122)(H,99,125)(H,100,126)(H,101,135)(H,102,136)(H,103,129)(H,104,130)(H,105,123)(H,106,124)(H,107,127)(H,108,128)(H,109,133)(H,110,134)(H,111,131)(H,112,132)/t45-,46-,51-,52-,53-,54-,55-,56-,57-,58-,59-,60-,61-,62-,63-,64-,71-,72-/m0/s1. The minimum absolute atomic E-state index is 0.0102. The fraction of sp³-hybridized carbons (Fsp3) is 0.614. The molecule has 2 fully saturated rings. The first kappa shape index (κ1) is 120. The number of carbonyl (C=O) groups is 22. The molecular formula is C88H136Cl2N24O24Se2. The number of nitrogens with one attached hydrogen (secondary N) is 14. The van der Waals surface area contributed by atoms with Crippen molar-refractivity contribution in [3.63, 3.8) is 0 Å². The van der Waals surface area contributed by atoms with Crippen molar-refractivity contribution in [2.45, 2.75) is 278 Å². The van der Waals surface area contributed by atoms with E-state index in [4.69, 9.17) is 69.1 Å². The molecule has 32 N–H and O–H groups in total. The Morgan fingerprint density at radius 3 is 0.957 bits per heavy atom. The molecule has 22 amide bonds. The van der Waals surface area contributed by atoms with Gasteiger partial charge in [0.1, 0.15) is 48.3 Å². The summed E-state index contributed by atoms with van der Waals surface area (Å²) in [6, 6.07) is -12.6. The van der Waals surface area contributed by atoms with E-state index in [1.807, 2.05) is 0 Å². The Labute approximate surface area is 831 Å². The van der Waals surface area contributed by atoms with Gasteiger partial charge in [0, 0.05) is 37.7 Å². The number of nitrogens with two attached hydrogens (primary N) is 8. The maximum absolute atomic E-state index is 14.7. The SMILES string of the molecule is CC[C@H](C)[C@H](NC(=O)[C@H](Cc1ccc(O)cc1)NC(=O)[C@@H](N)C[Se][Se]C[C@H](N)C(=O)N[C@@H](Cc1ccc(O)cc1)C(=O)N[C@H](C(=O)N[C@@H](CCC(N)=O)C(=O)N[C@@H](CC(N)=O)C(=O)N[C@@H](CCCl)C(=O)N1CCC[C@H]1C(=O)N[C@@H](CC(C)C)C(=O)NCC(N)=O)[C@@H](C)CC)C(=O)N[C@@H](CCC(N)=O)C(=O)N[C@@H](CC(N)=O)C(=O)N[C@@H](CCCl)C(=O)N1CCC[C@H]1C(=O)N[C@@H](CC(C)C)C(=O)NCC(N)=O. The molecule has 2 aliphatic rings. The minimum atomic E-state index is -1.88. The van der Waals surface area contributed by atoms with E-state index in [-0.39, 0.29) is 123 Å². The summed E-state index contributed by atoms with van der Waals surface area (Å²) in [5, 5.41) is 55.6. The number of hydrogen-bond acceptors (Lipinski definition) is 26. The van der Waals surface area contributed by atoms with Crippen LogP contribution in [0.25, 0.3) is 0 Å².